The van der Waals surface area contributed by atoms with Crippen molar-refractivity contribution in [1.82, 2.24) is 15.2 Å². The van der Waals surface area contributed by atoms with E-state index in [2.05, 4.69) is 20.5 Å². The van der Waals surface area contributed by atoms with Gasteiger partial charge in [0.05, 0.1) is 12.6 Å². The van der Waals surface area contributed by atoms with E-state index in [4.69, 9.17) is 4.74 Å². The molecule has 0 saturated heterocycles. The molecule has 0 fully saturated rings. The first-order chi connectivity index (χ1) is 14.5. The summed E-state index contributed by atoms with van der Waals surface area (Å²) in [6.45, 7) is 0. The zero-order chi connectivity index (χ0) is 21.1. The smallest absolute Gasteiger partial charge is 0.257 e. The first kappa shape index (κ1) is 20.0. The van der Waals surface area contributed by atoms with Gasteiger partial charge < -0.3 is 9.72 Å². The highest BCUT2D eigenvalue weighted by Crippen LogP contribution is 2.28. The van der Waals surface area contributed by atoms with Crippen LogP contribution in [-0.2, 0) is 5.75 Å². The Hall–Kier alpha value is -3.24. The zero-order valence-electron chi connectivity index (χ0n) is 15.6. The fourth-order valence-corrected chi connectivity index (χ4v) is 4.39. The lowest BCUT2D eigenvalue weighted by atomic mass is 10.2. The topological polar surface area (TPSA) is 97.0 Å². The molecule has 0 aliphatic rings. The minimum atomic E-state index is -0.476. The molecule has 0 saturated carbocycles. The predicted octanol–water partition coefficient (Wildman–Crippen LogP) is 4.07. The summed E-state index contributed by atoms with van der Waals surface area (Å²) in [7, 11) is 1.56. The van der Waals surface area contributed by atoms with Crippen molar-refractivity contribution >= 4 is 45.0 Å². The lowest BCUT2D eigenvalue weighted by Gasteiger charge is -2.04. The van der Waals surface area contributed by atoms with Crippen molar-refractivity contribution in [2.75, 3.05) is 12.4 Å². The van der Waals surface area contributed by atoms with Crippen LogP contribution in [-0.4, -0.2) is 28.2 Å². The number of nitrogens with one attached hydrogen (secondary N) is 2. The number of carbonyl (C=O) groups excluding carboxylic acids is 1. The number of aromatic amines is 1. The molecule has 2 N–H and O–H groups in total. The van der Waals surface area contributed by atoms with Crippen LogP contribution in [0.5, 0.6) is 5.75 Å². The van der Waals surface area contributed by atoms with E-state index in [1.165, 1.54) is 41.3 Å². The summed E-state index contributed by atoms with van der Waals surface area (Å²) in [5.41, 5.74) is 0.978. The van der Waals surface area contributed by atoms with Gasteiger partial charge in [0.1, 0.15) is 11.6 Å². The number of thioether (sulfide) groups is 1. The van der Waals surface area contributed by atoms with Crippen LogP contribution in [0.15, 0.2) is 57.7 Å². The number of pyridine rings is 1. The summed E-state index contributed by atoms with van der Waals surface area (Å²) >= 11 is 2.54. The number of para-hydroxylation sites is 1. The van der Waals surface area contributed by atoms with Crippen molar-refractivity contribution in [1.29, 1.82) is 0 Å². The number of hydrogen-bond donors (Lipinski definition) is 2. The fourth-order valence-electron chi connectivity index (χ4n) is 2.74. The van der Waals surface area contributed by atoms with Gasteiger partial charge in [0.15, 0.2) is 9.77 Å². The van der Waals surface area contributed by atoms with Gasteiger partial charge in [-0.25, -0.2) is 4.39 Å². The molecule has 2 aromatic carbocycles. The van der Waals surface area contributed by atoms with Crippen molar-refractivity contribution in [3.05, 3.63) is 75.8 Å². The van der Waals surface area contributed by atoms with Crippen LogP contribution in [0.25, 0.3) is 10.9 Å². The van der Waals surface area contributed by atoms with Crippen molar-refractivity contribution in [3.8, 4) is 5.75 Å². The molecule has 30 heavy (non-hydrogen) atoms. The molecule has 0 bridgehead atoms. The normalized spacial score (nSPS) is 10.9. The molecule has 0 aliphatic carbocycles. The maximum atomic E-state index is 14.0. The molecule has 0 aliphatic heterocycles. The molecule has 0 atom stereocenters. The monoisotopic (exact) mass is 442 g/mol. The van der Waals surface area contributed by atoms with Crippen molar-refractivity contribution < 1.29 is 13.9 Å². The first-order valence-corrected chi connectivity index (χ1v) is 10.6. The number of aromatic nitrogens is 3. The number of halogens is 1. The highest BCUT2D eigenvalue weighted by molar-refractivity contribution is 8.00. The van der Waals surface area contributed by atoms with Gasteiger partial charge in [0.25, 0.3) is 5.91 Å². The molecule has 152 valence electrons. The van der Waals surface area contributed by atoms with Crippen LogP contribution in [0.1, 0.15) is 16.1 Å². The quantitative estimate of drug-likeness (QED) is 0.345. The van der Waals surface area contributed by atoms with Crippen molar-refractivity contribution in [2.45, 2.75) is 10.1 Å². The lowest BCUT2D eigenvalue weighted by molar-refractivity contribution is 0.102. The van der Waals surface area contributed by atoms with E-state index in [-0.39, 0.29) is 16.9 Å². The van der Waals surface area contributed by atoms with E-state index in [1.807, 2.05) is 0 Å². The molecular weight excluding hydrogens is 427 g/mol. The summed E-state index contributed by atoms with van der Waals surface area (Å²) < 4.78 is 19.7. The number of hydrogen-bond acceptors (Lipinski definition) is 7. The van der Waals surface area contributed by atoms with Crippen LogP contribution < -0.4 is 15.5 Å². The molecule has 1 amide bonds. The summed E-state index contributed by atoms with van der Waals surface area (Å²) in [6.07, 6.45) is 0. The number of anilines is 1. The van der Waals surface area contributed by atoms with E-state index in [1.54, 1.807) is 37.4 Å². The summed E-state index contributed by atoms with van der Waals surface area (Å²) in [5, 5.41) is 11.4. The molecule has 0 radical (unpaired) electrons. The second-order valence-electron chi connectivity index (χ2n) is 6.17. The largest absolute Gasteiger partial charge is 0.497 e. The van der Waals surface area contributed by atoms with E-state index in [0.717, 1.165) is 0 Å². The SMILES string of the molecule is COc1ccc(C(=O)Nc2nnc(SCc3cc(=O)c4cccc(F)c4[nH]3)s2)cc1. The Labute approximate surface area is 178 Å². The minimum Gasteiger partial charge on any atom is -0.497 e. The van der Waals surface area contributed by atoms with E-state index in [9.17, 15) is 14.0 Å². The Morgan fingerprint density at radius 3 is 2.80 bits per heavy atom. The fraction of sp³-hybridized carbons (Fsp3) is 0.100. The Morgan fingerprint density at radius 1 is 1.23 bits per heavy atom. The Kier molecular flexibility index (Phi) is 5.77. The average Bonchev–Trinajstić information content (AvgIpc) is 3.20. The number of ether oxygens (including phenoxy) is 1. The standard InChI is InChI=1S/C20H15FN4O3S2/c1-28-13-7-5-11(6-8-13)18(27)23-19-24-25-20(30-19)29-10-12-9-16(26)14-3-2-4-15(21)17(14)22-12/h2-9H,10H2,1H3,(H,22,26)(H,23,24,27). The van der Waals surface area contributed by atoms with E-state index < -0.39 is 5.82 Å². The molecule has 2 heterocycles. The van der Waals surface area contributed by atoms with Gasteiger partial charge in [-0.2, -0.15) is 0 Å². The molecule has 4 rings (SSSR count). The van der Waals surface area contributed by atoms with Crippen molar-refractivity contribution in [2.24, 2.45) is 0 Å². The number of fused-ring (bicyclic) bond motifs is 1. The van der Waals surface area contributed by atoms with Gasteiger partial charge in [-0.15, -0.1) is 10.2 Å². The van der Waals surface area contributed by atoms with Crippen LogP contribution >= 0.6 is 23.1 Å². The van der Waals surface area contributed by atoms with Gasteiger partial charge in [0, 0.05) is 28.5 Å². The van der Waals surface area contributed by atoms with Gasteiger partial charge in [-0.1, -0.05) is 29.2 Å². The second kappa shape index (κ2) is 8.64. The van der Waals surface area contributed by atoms with Crippen LogP contribution in [0.2, 0.25) is 0 Å². The molecular formula is C20H15FN4O3S2. The number of carbonyl (C=O) groups is 1. The molecule has 0 unspecified atom stereocenters. The summed E-state index contributed by atoms with van der Waals surface area (Å²) in [6, 6.07) is 12.5. The summed E-state index contributed by atoms with van der Waals surface area (Å²) in [4.78, 5) is 27.4. The number of rotatable bonds is 6. The van der Waals surface area contributed by atoms with E-state index >= 15 is 0 Å². The predicted molar refractivity (Wildman–Crippen MR) is 115 cm³/mol. The molecule has 7 nitrogen and oxygen atoms in total. The number of benzene rings is 2. The molecule has 10 heteroatoms. The highest BCUT2D eigenvalue weighted by atomic mass is 32.2. The third kappa shape index (κ3) is 4.34. The Bertz CT molecular complexity index is 1270. The Balaban J connectivity index is 1.42. The maximum Gasteiger partial charge on any atom is 0.257 e. The summed E-state index contributed by atoms with van der Waals surface area (Å²) in [5.74, 6) is 0.254. The minimum absolute atomic E-state index is 0.185. The lowest BCUT2D eigenvalue weighted by Crippen LogP contribution is -2.11. The molecule has 2 aromatic heterocycles. The third-order valence-electron chi connectivity index (χ3n) is 4.20. The second-order valence-corrected chi connectivity index (χ2v) is 8.37. The molecule has 0 spiro atoms. The van der Waals surface area contributed by atoms with Gasteiger partial charge in [-0.3, -0.25) is 14.9 Å². The van der Waals surface area contributed by atoms with Gasteiger partial charge in [-0.05, 0) is 36.4 Å². The number of methoxy groups -OCH3 is 1. The Morgan fingerprint density at radius 2 is 2.03 bits per heavy atom. The zero-order valence-corrected chi connectivity index (χ0v) is 17.3. The van der Waals surface area contributed by atoms with Crippen LogP contribution in [0, 0.1) is 5.82 Å². The highest BCUT2D eigenvalue weighted by Gasteiger charge is 2.12. The number of nitrogens with zero attached hydrogens (tertiary/aromatic N) is 2. The van der Waals surface area contributed by atoms with Gasteiger partial charge in [0.2, 0.25) is 5.13 Å². The molecule has 4 aromatic rings. The van der Waals surface area contributed by atoms with Crippen LogP contribution in [0.3, 0.4) is 0 Å². The maximum absolute atomic E-state index is 14.0. The third-order valence-corrected chi connectivity index (χ3v) is 6.22. The number of amides is 1. The van der Waals surface area contributed by atoms with Crippen molar-refractivity contribution in [3.63, 3.8) is 0 Å². The number of H-pyrrole nitrogens is 1. The first-order valence-electron chi connectivity index (χ1n) is 8.75. The van der Waals surface area contributed by atoms with Crippen LogP contribution in [0.4, 0.5) is 9.52 Å². The van der Waals surface area contributed by atoms with E-state index in [0.29, 0.717) is 37.6 Å². The van der Waals surface area contributed by atoms with Gasteiger partial charge >= 0.3 is 0 Å². The average molecular weight is 442 g/mol.